The molecule has 0 aliphatic carbocycles. The van der Waals surface area contributed by atoms with E-state index in [0.717, 1.165) is 10.5 Å². The third-order valence-corrected chi connectivity index (χ3v) is 4.92. The van der Waals surface area contributed by atoms with Crippen LogP contribution in [0.5, 0.6) is 0 Å². The summed E-state index contributed by atoms with van der Waals surface area (Å²) >= 11 is 0. The van der Waals surface area contributed by atoms with E-state index in [9.17, 15) is 24.0 Å². The van der Waals surface area contributed by atoms with Crippen molar-refractivity contribution in [1.29, 1.82) is 0 Å². The van der Waals surface area contributed by atoms with E-state index >= 15 is 0 Å². The highest BCUT2D eigenvalue weighted by Gasteiger charge is 2.35. The van der Waals surface area contributed by atoms with E-state index in [-0.39, 0.29) is 36.3 Å². The highest BCUT2D eigenvalue weighted by molar-refractivity contribution is 6.08. The van der Waals surface area contributed by atoms with Gasteiger partial charge < -0.3 is 5.32 Å². The van der Waals surface area contributed by atoms with Gasteiger partial charge in [-0.15, -0.1) is 0 Å². The van der Waals surface area contributed by atoms with Gasteiger partial charge in [-0.25, -0.2) is 0 Å². The Morgan fingerprint density at radius 3 is 2.57 bits per heavy atom. The van der Waals surface area contributed by atoms with Crippen LogP contribution in [0, 0.1) is 6.92 Å². The van der Waals surface area contributed by atoms with E-state index < -0.39 is 23.8 Å². The molecule has 0 aromatic heterocycles. The molecule has 1 aliphatic rings. The van der Waals surface area contributed by atoms with Gasteiger partial charge in [-0.2, -0.15) is 0 Å². The fraction of sp³-hybridized carbons (Fsp3) is 0.227. The third kappa shape index (κ3) is 4.60. The van der Waals surface area contributed by atoms with Gasteiger partial charge in [0.1, 0.15) is 6.04 Å². The summed E-state index contributed by atoms with van der Waals surface area (Å²) < 4.78 is 0. The van der Waals surface area contributed by atoms with Crippen molar-refractivity contribution in [3.8, 4) is 0 Å². The topological polar surface area (TPSA) is 113 Å². The van der Waals surface area contributed by atoms with E-state index in [4.69, 9.17) is 0 Å². The maximum Gasteiger partial charge on any atom is 0.261 e. The molecule has 3 rings (SSSR count). The Kier molecular flexibility index (Phi) is 6.36. The van der Waals surface area contributed by atoms with Crippen LogP contribution in [0.1, 0.15) is 44.7 Å². The van der Waals surface area contributed by atoms with Crippen LogP contribution in [-0.2, 0) is 20.9 Å². The molecule has 1 saturated heterocycles. The van der Waals surface area contributed by atoms with Crippen LogP contribution >= 0.6 is 0 Å². The summed E-state index contributed by atoms with van der Waals surface area (Å²) in [5, 5.41) is 4.92. The molecule has 2 aromatic rings. The quantitative estimate of drug-likeness (QED) is 0.554. The number of hydrogen-bond donors (Lipinski definition) is 2. The normalized spacial score (nSPS) is 15.8. The van der Waals surface area contributed by atoms with Crippen LogP contribution in [-0.4, -0.2) is 41.0 Å². The van der Waals surface area contributed by atoms with Crippen LogP contribution in [0.3, 0.4) is 0 Å². The first kappa shape index (κ1) is 20.9. The van der Waals surface area contributed by atoms with Crippen molar-refractivity contribution < 1.29 is 24.0 Å². The number of nitrogens with zero attached hydrogens (tertiary/aromatic N) is 1. The molecular weight excluding hydrogens is 386 g/mol. The standard InChI is InChI=1S/C22H21N3O5/c1-14-7-8-16(20(28)23-12-15-5-3-2-4-6-15)11-17(14)22(30)25(13-26)18-9-10-19(27)24-21(18)29/h2-8,11,13,18H,9-10,12H2,1H3,(H,23,28)(H,24,27,29). The summed E-state index contributed by atoms with van der Waals surface area (Å²) in [6, 6.07) is 12.9. The maximum atomic E-state index is 13.0. The third-order valence-electron chi connectivity index (χ3n) is 4.92. The molecule has 1 atom stereocenters. The second kappa shape index (κ2) is 9.13. The van der Waals surface area contributed by atoms with E-state index in [1.165, 1.54) is 6.07 Å². The second-order valence-corrected chi connectivity index (χ2v) is 6.98. The van der Waals surface area contributed by atoms with E-state index in [2.05, 4.69) is 10.6 Å². The summed E-state index contributed by atoms with van der Waals surface area (Å²) in [5.41, 5.74) is 1.88. The number of hydrogen-bond acceptors (Lipinski definition) is 5. The Labute approximate surface area is 173 Å². The highest BCUT2D eigenvalue weighted by atomic mass is 16.2. The zero-order valence-corrected chi connectivity index (χ0v) is 16.4. The summed E-state index contributed by atoms with van der Waals surface area (Å²) in [6.45, 7) is 2.00. The SMILES string of the molecule is Cc1ccc(C(=O)NCc2ccccc2)cc1C(=O)N(C=O)C1CCC(=O)NC1=O. The molecule has 0 radical (unpaired) electrons. The van der Waals surface area contributed by atoms with Gasteiger partial charge in [0.05, 0.1) is 0 Å². The van der Waals surface area contributed by atoms with Gasteiger partial charge in [-0.05, 0) is 36.6 Å². The molecule has 0 bridgehead atoms. The molecule has 0 spiro atoms. The minimum atomic E-state index is -1.07. The summed E-state index contributed by atoms with van der Waals surface area (Å²) in [5.74, 6) is -2.20. The molecule has 5 amide bonds. The second-order valence-electron chi connectivity index (χ2n) is 6.98. The number of aryl methyl sites for hydroxylation is 1. The van der Waals surface area contributed by atoms with Crippen LogP contribution in [0.25, 0.3) is 0 Å². The number of piperidine rings is 1. The Balaban J connectivity index is 1.78. The van der Waals surface area contributed by atoms with Crippen molar-refractivity contribution in [2.75, 3.05) is 0 Å². The lowest BCUT2D eigenvalue weighted by atomic mass is 10.0. The lowest BCUT2D eigenvalue weighted by molar-refractivity contribution is -0.139. The molecule has 8 nitrogen and oxygen atoms in total. The van der Waals surface area contributed by atoms with Crippen LogP contribution < -0.4 is 10.6 Å². The highest BCUT2D eigenvalue weighted by Crippen LogP contribution is 2.18. The fourth-order valence-electron chi connectivity index (χ4n) is 3.22. The maximum absolute atomic E-state index is 13.0. The van der Waals surface area contributed by atoms with Gasteiger partial charge in [-0.1, -0.05) is 36.4 Å². The average molecular weight is 407 g/mol. The van der Waals surface area contributed by atoms with Gasteiger partial charge in [0, 0.05) is 24.1 Å². The first-order valence-electron chi connectivity index (χ1n) is 9.45. The predicted molar refractivity (Wildman–Crippen MR) is 107 cm³/mol. The van der Waals surface area contributed by atoms with Crippen LogP contribution in [0.4, 0.5) is 0 Å². The van der Waals surface area contributed by atoms with Crippen molar-refractivity contribution in [2.24, 2.45) is 0 Å². The first-order valence-corrected chi connectivity index (χ1v) is 9.45. The number of nitrogens with one attached hydrogen (secondary N) is 2. The number of imide groups is 2. The average Bonchev–Trinajstić information content (AvgIpc) is 2.75. The Bertz CT molecular complexity index is 1000. The van der Waals surface area contributed by atoms with Gasteiger partial charge in [0.2, 0.25) is 18.2 Å². The van der Waals surface area contributed by atoms with E-state index in [0.29, 0.717) is 12.1 Å². The Morgan fingerprint density at radius 2 is 1.90 bits per heavy atom. The molecule has 2 N–H and O–H groups in total. The lowest BCUT2D eigenvalue weighted by Gasteiger charge is -2.28. The molecule has 2 aromatic carbocycles. The van der Waals surface area contributed by atoms with Crippen LogP contribution in [0.2, 0.25) is 0 Å². The lowest BCUT2D eigenvalue weighted by Crippen LogP contribution is -2.54. The van der Waals surface area contributed by atoms with E-state index in [1.54, 1.807) is 19.1 Å². The number of amides is 5. The molecule has 1 heterocycles. The number of rotatable bonds is 6. The van der Waals surface area contributed by atoms with Crippen molar-refractivity contribution in [3.05, 3.63) is 70.8 Å². The number of carbonyl (C=O) groups is 5. The largest absolute Gasteiger partial charge is 0.348 e. The summed E-state index contributed by atoms with van der Waals surface area (Å²) in [7, 11) is 0. The molecule has 1 fully saturated rings. The molecule has 30 heavy (non-hydrogen) atoms. The first-order chi connectivity index (χ1) is 14.4. The zero-order valence-electron chi connectivity index (χ0n) is 16.4. The van der Waals surface area contributed by atoms with E-state index in [1.807, 2.05) is 30.3 Å². The molecule has 154 valence electrons. The van der Waals surface area contributed by atoms with Gasteiger partial charge in [-0.3, -0.25) is 34.2 Å². The van der Waals surface area contributed by atoms with Crippen molar-refractivity contribution in [2.45, 2.75) is 32.4 Å². The number of benzene rings is 2. The van der Waals surface area contributed by atoms with Crippen molar-refractivity contribution >= 4 is 30.0 Å². The molecule has 0 saturated carbocycles. The Hall–Kier alpha value is -3.81. The molecule has 1 aliphatic heterocycles. The zero-order chi connectivity index (χ0) is 21.7. The molecule has 8 heteroatoms. The van der Waals surface area contributed by atoms with Crippen molar-refractivity contribution in [1.82, 2.24) is 15.5 Å². The van der Waals surface area contributed by atoms with Crippen LogP contribution in [0.15, 0.2) is 48.5 Å². The number of carbonyl (C=O) groups excluding carboxylic acids is 5. The van der Waals surface area contributed by atoms with Gasteiger partial charge in [0.15, 0.2) is 0 Å². The molecular formula is C22H21N3O5. The smallest absolute Gasteiger partial charge is 0.261 e. The summed E-state index contributed by atoms with van der Waals surface area (Å²) in [4.78, 5) is 61.3. The monoisotopic (exact) mass is 407 g/mol. The molecule has 1 unspecified atom stereocenters. The minimum absolute atomic E-state index is 0.0366. The fourth-order valence-corrected chi connectivity index (χ4v) is 3.22. The Morgan fingerprint density at radius 1 is 1.17 bits per heavy atom. The summed E-state index contributed by atoms with van der Waals surface area (Å²) in [6.07, 6.45) is 0.379. The predicted octanol–water partition coefficient (Wildman–Crippen LogP) is 1.33. The van der Waals surface area contributed by atoms with Gasteiger partial charge in [0.25, 0.3) is 11.8 Å². The van der Waals surface area contributed by atoms with Crippen molar-refractivity contribution in [3.63, 3.8) is 0 Å². The minimum Gasteiger partial charge on any atom is -0.348 e. The van der Waals surface area contributed by atoms with Gasteiger partial charge >= 0.3 is 0 Å².